The molecule has 0 amide bonds. The molecule has 76 valence electrons. The lowest BCUT2D eigenvalue weighted by Gasteiger charge is -2.17. The summed E-state index contributed by atoms with van der Waals surface area (Å²) in [5.74, 6) is 0. The summed E-state index contributed by atoms with van der Waals surface area (Å²) in [6.45, 7) is 4.30. The minimum atomic E-state index is 0.286. The molecule has 2 atom stereocenters. The van der Waals surface area contributed by atoms with E-state index in [-0.39, 0.29) is 6.04 Å². The van der Waals surface area contributed by atoms with Crippen LogP contribution >= 0.6 is 0 Å². The van der Waals surface area contributed by atoms with Crippen molar-refractivity contribution in [2.24, 2.45) is 0 Å². The van der Waals surface area contributed by atoms with Crippen molar-refractivity contribution in [3.63, 3.8) is 0 Å². The minimum Gasteiger partial charge on any atom is -0.315 e. The Bertz CT molecular complexity index is 269. The lowest BCUT2D eigenvalue weighted by molar-refractivity contribution is 0.470. The molecule has 1 aromatic heterocycles. The zero-order valence-electron chi connectivity index (χ0n) is 8.40. The van der Waals surface area contributed by atoms with Gasteiger partial charge in [0.1, 0.15) is 0 Å². The van der Waals surface area contributed by atoms with Crippen LogP contribution in [0.3, 0.4) is 0 Å². The molecule has 2 rings (SSSR count). The van der Waals surface area contributed by atoms with Gasteiger partial charge in [-0.05, 0) is 19.9 Å². The highest BCUT2D eigenvalue weighted by molar-refractivity contribution is 5.01. The summed E-state index contributed by atoms with van der Waals surface area (Å²) < 4.78 is 0. The third-order valence-corrected chi connectivity index (χ3v) is 2.57. The van der Waals surface area contributed by atoms with Gasteiger partial charge in [0.2, 0.25) is 0 Å². The topological polar surface area (TPSA) is 49.8 Å². The first-order valence-electron chi connectivity index (χ1n) is 5.09. The molecule has 4 nitrogen and oxygen atoms in total. The number of nitrogens with zero attached hydrogens (tertiary/aromatic N) is 2. The van der Waals surface area contributed by atoms with Crippen LogP contribution in [-0.4, -0.2) is 29.1 Å². The fourth-order valence-corrected chi connectivity index (χ4v) is 1.77. The molecule has 2 N–H and O–H groups in total. The molecule has 1 aliphatic rings. The molecular formula is C10H16N4. The highest BCUT2D eigenvalue weighted by Gasteiger charge is 2.17. The van der Waals surface area contributed by atoms with Crippen molar-refractivity contribution in [3.8, 4) is 0 Å². The smallest absolute Gasteiger partial charge is 0.0753 e. The van der Waals surface area contributed by atoms with Crippen molar-refractivity contribution in [1.29, 1.82) is 0 Å². The van der Waals surface area contributed by atoms with Gasteiger partial charge in [-0.15, -0.1) is 0 Å². The van der Waals surface area contributed by atoms with Crippen LogP contribution in [0.4, 0.5) is 0 Å². The van der Waals surface area contributed by atoms with E-state index in [1.54, 1.807) is 12.4 Å². The van der Waals surface area contributed by atoms with E-state index in [9.17, 15) is 0 Å². The van der Waals surface area contributed by atoms with Gasteiger partial charge in [-0.25, -0.2) is 0 Å². The van der Waals surface area contributed by atoms with Crippen LogP contribution in [0.25, 0.3) is 0 Å². The third-order valence-electron chi connectivity index (χ3n) is 2.57. The Morgan fingerprint density at radius 3 is 3.14 bits per heavy atom. The zero-order valence-corrected chi connectivity index (χ0v) is 8.40. The molecule has 0 saturated carbocycles. The van der Waals surface area contributed by atoms with E-state index >= 15 is 0 Å². The Hall–Kier alpha value is -1.00. The monoisotopic (exact) mass is 192 g/mol. The minimum absolute atomic E-state index is 0.286. The highest BCUT2D eigenvalue weighted by atomic mass is 15.1. The maximum atomic E-state index is 4.28. The second kappa shape index (κ2) is 4.48. The molecule has 1 aliphatic heterocycles. The summed E-state index contributed by atoms with van der Waals surface area (Å²) in [6.07, 6.45) is 6.46. The lowest BCUT2D eigenvalue weighted by atomic mass is 10.2. The van der Waals surface area contributed by atoms with Gasteiger partial charge in [0, 0.05) is 37.2 Å². The summed E-state index contributed by atoms with van der Waals surface area (Å²) >= 11 is 0. The molecule has 0 aromatic carbocycles. The number of hydrogen-bond donors (Lipinski definition) is 2. The third kappa shape index (κ3) is 2.27. The van der Waals surface area contributed by atoms with Crippen LogP contribution in [0.5, 0.6) is 0 Å². The molecular weight excluding hydrogens is 176 g/mol. The molecule has 0 aliphatic carbocycles. The van der Waals surface area contributed by atoms with Gasteiger partial charge >= 0.3 is 0 Å². The highest BCUT2D eigenvalue weighted by Crippen LogP contribution is 2.10. The average Bonchev–Trinajstić information content (AvgIpc) is 2.72. The normalized spacial score (nSPS) is 23.6. The van der Waals surface area contributed by atoms with Gasteiger partial charge in [0.25, 0.3) is 0 Å². The van der Waals surface area contributed by atoms with Crippen molar-refractivity contribution in [2.75, 3.05) is 13.1 Å². The molecule has 1 fully saturated rings. The van der Waals surface area contributed by atoms with Gasteiger partial charge < -0.3 is 10.6 Å². The van der Waals surface area contributed by atoms with Crippen molar-refractivity contribution in [3.05, 3.63) is 24.3 Å². The second-order valence-corrected chi connectivity index (χ2v) is 3.71. The number of hydrogen-bond acceptors (Lipinski definition) is 4. The maximum Gasteiger partial charge on any atom is 0.0753 e. The summed E-state index contributed by atoms with van der Waals surface area (Å²) in [6, 6.07) is 0.862. The second-order valence-electron chi connectivity index (χ2n) is 3.71. The predicted octanol–water partition coefficient (Wildman–Crippen LogP) is 0.489. The summed E-state index contributed by atoms with van der Waals surface area (Å²) in [5.41, 5.74) is 1.01. The first kappa shape index (κ1) is 9.55. The Morgan fingerprint density at radius 1 is 1.57 bits per heavy atom. The van der Waals surface area contributed by atoms with Crippen LogP contribution in [0, 0.1) is 0 Å². The molecule has 14 heavy (non-hydrogen) atoms. The van der Waals surface area contributed by atoms with E-state index in [1.807, 2.05) is 6.20 Å². The predicted molar refractivity (Wildman–Crippen MR) is 54.9 cm³/mol. The van der Waals surface area contributed by atoms with Gasteiger partial charge in [0.05, 0.1) is 5.69 Å². The van der Waals surface area contributed by atoms with E-state index in [0.717, 1.165) is 18.8 Å². The fraction of sp³-hybridized carbons (Fsp3) is 0.600. The Labute approximate surface area is 84.2 Å². The standard InChI is InChI=1S/C10H16N4/c1-8(10-7-12-4-5-13-10)14-9-2-3-11-6-9/h4-5,7-9,11,14H,2-3,6H2,1H3/t8-,9-/m1/s1. The largest absolute Gasteiger partial charge is 0.315 e. The molecule has 1 aromatic rings. The summed E-state index contributed by atoms with van der Waals surface area (Å²) in [7, 11) is 0. The van der Waals surface area contributed by atoms with Gasteiger partial charge in [-0.2, -0.15) is 0 Å². The molecule has 0 unspecified atom stereocenters. The zero-order chi connectivity index (χ0) is 9.80. The van der Waals surface area contributed by atoms with Crippen LogP contribution in [0.1, 0.15) is 25.1 Å². The first-order valence-corrected chi connectivity index (χ1v) is 5.09. The lowest BCUT2D eigenvalue weighted by Crippen LogP contribution is -2.33. The van der Waals surface area contributed by atoms with E-state index in [2.05, 4.69) is 27.5 Å². The van der Waals surface area contributed by atoms with Crippen molar-refractivity contribution < 1.29 is 0 Å². The van der Waals surface area contributed by atoms with Crippen LogP contribution in [0.2, 0.25) is 0 Å². The molecule has 0 spiro atoms. The van der Waals surface area contributed by atoms with E-state index in [0.29, 0.717) is 6.04 Å². The molecule has 0 radical (unpaired) electrons. The molecule has 0 bridgehead atoms. The SMILES string of the molecule is C[C@@H](N[C@@H]1CCNC1)c1cnccn1. The quantitative estimate of drug-likeness (QED) is 0.731. The summed E-state index contributed by atoms with van der Waals surface area (Å²) in [4.78, 5) is 8.34. The van der Waals surface area contributed by atoms with Crippen LogP contribution < -0.4 is 10.6 Å². The Morgan fingerprint density at radius 2 is 2.50 bits per heavy atom. The van der Waals surface area contributed by atoms with Gasteiger partial charge in [-0.1, -0.05) is 0 Å². The fourth-order valence-electron chi connectivity index (χ4n) is 1.77. The van der Waals surface area contributed by atoms with Crippen LogP contribution in [0.15, 0.2) is 18.6 Å². The Kier molecular flexibility index (Phi) is 3.06. The van der Waals surface area contributed by atoms with Crippen molar-refractivity contribution in [1.82, 2.24) is 20.6 Å². The number of nitrogens with one attached hydrogen (secondary N) is 2. The molecule has 2 heterocycles. The average molecular weight is 192 g/mol. The van der Waals surface area contributed by atoms with Crippen molar-refractivity contribution in [2.45, 2.75) is 25.4 Å². The molecule has 1 saturated heterocycles. The van der Waals surface area contributed by atoms with E-state index in [1.165, 1.54) is 6.42 Å². The van der Waals surface area contributed by atoms with Crippen LogP contribution in [-0.2, 0) is 0 Å². The van der Waals surface area contributed by atoms with Gasteiger partial charge in [-0.3, -0.25) is 9.97 Å². The van der Waals surface area contributed by atoms with E-state index in [4.69, 9.17) is 0 Å². The number of rotatable bonds is 3. The molecule has 4 heteroatoms. The maximum absolute atomic E-state index is 4.28. The van der Waals surface area contributed by atoms with Gasteiger partial charge in [0.15, 0.2) is 0 Å². The number of aromatic nitrogens is 2. The summed E-state index contributed by atoms with van der Waals surface area (Å²) in [5, 5.41) is 6.86. The van der Waals surface area contributed by atoms with E-state index < -0.39 is 0 Å². The first-order chi connectivity index (χ1) is 6.86. The Balaban J connectivity index is 1.92. The van der Waals surface area contributed by atoms with Crippen molar-refractivity contribution >= 4 is 0 Å².